The van der Waals surface area contributed by atoms with Gasteiger partial charge in [0.15, 0.2) is 0 Å². The van der Waals surface area contributed by atoms with Crippen LogP contribution in [0.5, 0.6) is 0 Å². The van der Waals surface area contributed by atoms with Crippen LogP contribution < -0.4 is 4.90 Å². The number of halogens is 2. The maximum absolute atomic E-state index is 13.6. The third-order valence-electron chi connectivity index (χ3n) is 2.71. The molecule has 1 saturated heterocycles. The number of β-amino-alcohol motifs (C(OH)–C–C–N with tert-alkyl or cyclic N) is 1. The van der Waals surface area contributed by atoms with Gasteiger partial charge >= 0.3 is 0 Å². The number of carbonyl (C=O) groups is 1. The van der Waals surface area contributed by atoms with Gasteiger partial charge in [0.25, 0.3) is 0 Å². The van der Waals surface area contributed by atoms with E-state index in [4.69, 9.17) is 0 Å². The van der Waals surface area contributed by atoms with Crippen LogP contribution in [0.3, 0.4) is 0 Å². The van der Waals surface area contributed by atoms with E-state index >= 15 is 0 Å². The van der Waals surface area contributed by atoms with E-state index in [-0.39, 0.29) is 24.7 Å². The summed E-state index contributed by atoms with van der Waals surface area (Å²) < 4.78 is 14.0. The van der Waals surface area contributed by atoms with Crippen molar-refractivity contribution in [2.75, 3.05) is 11.4 Å². The van der Waals surface area contributed by atoms with Gasteiger partial charge in [0.1, 0.15) is 5.82 Å². The Labute approximate surface area is 101 Å². The topological polar surface area (TPSA) is 40.5 Å². The number of aliphatic hydroxyl groups excluding tert-OH is 1. The second-order valence-corrected chi connectivity index (χ2v) is 4.72. The average Bonchev–Trinajstić information content (AvgIpc) is 2.55. The standard InChI is InChI=1S/C11H11BrFNO2/c1-6-9(3-2-8(12)11(6)13)14-5-7(15)4-10(14)16/h2-3,7,15H,4-5H2,1H3. The Morgan fingerprint density at radius 1 is 1.56 bits per heavy atom. The zero-order valence-corrected chi connectivity index (χ0v) is 10.3. The lowest BCUT2D eigenvalue weighted by atomic mass is 10.1. The molecule has 1 aromatic carbocycles. The number of rotatable bonds is 1. The second-order valence-electron chi connectivity index (χ2n) is 3.87. The smallest absolute Gasteiger partial charge is 0.229 e. The molecule has 1 N–H and O–H groups in total. The van der Waals surface area contributed by atoms with Crippen LogP contribution in [-0.2, 0) is 4.79 Å². The highest BCUT2D eigenvalue weighted by molar-refractivity contribution is 9.10. The van der Waals surface area contributed by atoms with Gasteiger partial charge in [-0.05, 0) is 35.0 Å². The molecule has 2 rings (SSSR count). The van der Waals surface area contributed by atoms with Crippen LogP contribution in [0.4, 0.5) is 10.1 Å². The molecule has 0 spiro atoms. The van der Waals surface area contributed by atoms with Crippen molar-refractivity contribution in [3.05, 3.63) is 28.0 Å². The van der Waals surface area contributed by atoms with Crippen LogP contribution in [0.25, 0.3) is 0 Å². The monoisotopic (exact) mass is 287 g/mol. The molecule has 1 aromatic rings. The molecule has 1 heterocycles. The Bertz CT molecular complexity index is 450. The van der Waals surface area contributed by atoms with Crippen molar-refractivity contribution in [2.45, 2.75) is 19.4 Å². The number of anilines is 1. The van der Waals surface area contributed by atoms with Gasteiger partial charge in [0.05, 0.1) is 23.5 Å². The highest BCUT2D eigenvalue weighted by atomic mass is 79.9. The molecule has 1 amide bonds. The lowest BCUT2D eigenvalue weighted by Crippen LogP contribution is -2.26. The zero-order valence-electron chi connectivity index (χ0n) is 8.70. The Morgan fingerprint density at radius 2 is 2.25 bits per heavy atom. The lowest BCUT2D eigenvalue weighted by Gasteiger charge is -2.19. The van der Waals surface area contributed by atoms with E-state index in [1.807, 2.05) is 0 Å². The minimum Gasteiger partial charge on any atom is -0.391 e. The molecular formula is C11H11BrFNO2. The summed E-state index contributed by atoms with van der Waals surface area (Å²) in [5, 5.41) is 9.38. The molecule has 1 unspecified atom stereocenters. The molecule has 16 heavy (non-hydrogen) atoms. The highest BCUT2D eigenvalue weighted by Gasteiger charge is 2.30. The van der Waals surface area contributed by atoms with Gasteiger partial charge in [0.2, 0.25) is 5.91 Å². The van der Waals surface area contributed by atoms with Crippen molar-refractivity contribution in [2.24, 2.45) is 0 Å². The third-order valence-corrected chi connectivity index (χ3v) is 3.32. The fourth-order valence-corrected chi connectivity index (χ4v) is 2.29. The molecular weight excluding hydrogens is 277 g/mol. The number of hydrogen-bond acceptors (Lipinski definition) is 2. The summed E-state index contributed by atoms with van der Waals surface area (Å²) in [6, 6.07) is 3.24. The van der Waals surface area contributed by atoms with E-state index in [0.29, 0.717) is 15.7 Å². The number of aliphatic hydroxyl groups is 1. The predicted octanol–water partition coefficient (Wildman–Crippen LogP) is 1.99. The molecule has 5 heteroatoms. The van der Waals surface area contributed by atoms with Crippen LogP contribution in [-0.4, -0.2) is 23.7 Å². The van der Waals surface area contributed by atoms with Gasteiger partial charge in [-0.25, -0.2) is 4.39 Å². The Balaban J connectivity index is 2.42. The van der Waals surface area contributed by atoms with Gasteiger partial charge in [-0.1, -0.05) is 0 Å². The summed E-state index contributed by atoms with van der Waals surface area (Å²) in [6.45, 7) is 1.86. The Hall–Kier alpha value is -0.940. The molecule has 1 atom stereocenters. The van der Waals surface area contributed by atoms with Crippen molar-refractivity contribution in [1.82, 2.24) is 0 Å². The molecule has 1 fully saturated rings. The van der Waals surface area contributed by atoms with Gasteiger partial charge in [-0.2, -0.15) is 0 Å². The van der Waals surface area contributed by atoms with Gasteiger partial charge in [0, 0.05) is 11.3 Å². The SMILES string of the molecule is Cc1c(N2CC(O)CC2=O)ccc(Br)c1F. The number of hydrogen-bond donors (Lipinski definition) is 1. The number of nitrogens with zero attached hydrogens (tertiary/aromatic N) is 1. The largest absolute Gasteiger partial charge is 0.391 e. The third kappa shape index (κ3) is 1.85. The van der Waals surface area contributed by atoms with Crippen molar-refractivity contribution in [1.29, 1.82) is 0 Å². The molecule has 0 radical (unpaired) electrons. The van der Waals surface area contributed by atoms with Crippen LogP contribution in [0.2, 0.25) is 0 Å². The molecule has 0 saturated carbocycles. The summed E-state index contributed by atoms with van der Waals surface area (Å²) in [6.07, 6.45) is -0.546. The van der Waals surface area contributed by atoms with Crippen LogP contribution in [0, 0.1) is 12.7 Å². The van der Waals surface area contributed by atoms with Crippen molar-refractivity contribution < 1.29 is 14.3 Å². The van der Waals surface area contributed by atoms with E-state index in [2.05, 4.69) is 15.9 Å². The predicted molar refractivity (Wildman–Crippen MR) is 61.8 cm³/mol. The first kappa shape index (κ1) is 11.5. The first-order valence-electron chi connectivity index (χ1n) is 4.93. The van der Waals surface area contributed by atoms with E-state index in [0.717, 1.165) is 0 Å². The molecule has 1 aliphatic rings. The fourth-order valence-electron chi connectivity index (χ4n) is 1.86. The molecule has 0 aromatic heterocycles. The normalized spacial score (nSPS) is 20.6. The van der Waals surface area contributed by atoms with Crippen LogP contribution >= 0.6 is 15.9 Å². The second kappa shape index (κ2) is 4.14. The summed E-state index contributed by atoms with van der Waals surface area (Å²) in [7, 11) is 0. The molecule has 3 nitrogen and oxygen atoms in total. The Kier molecular flexibility index (Phi) is 2.99. The zero-order chi connectivity index (χ0) is 11.9. The maximum atomic E-state index is 13.6. The average molecular weight is 288 g/mol. The van der Waals surface area contributed by atoms with E-state index in [1.165, 1.54) is 4.90 Å². The quantitative estimate of drug-likeness (QED) is 0.858. The number of benzene rings is 1. The summed E-state index contributed by atoms with van der Waals surface area (Å²) in [5.41, 5.74) is 0.944. The minimum atomic E-state index is -0.654. The Morgan fingerprint density at radius 3 is 2.81 bits per heavy atom. The fraction of sp³-hybridized carbons (Fsp3) is 0.364. The van der Waals surface area contributed by atoms with Crippen molar-refractivity contribution >= 4 is 27.5 Å². The van der Waals surface area contributed by atoms with E-state index < -0.39 is 6.10 Å². The molecule has 86 valence electrons. The number of amides is 1. The minimum absolute atomic E-state index is 0.108. The first-order valence-corrected chi connectivity index (χ1v) is 5.73. The van der Waals surface area contributed by atoms with Crippen molar-refractivity contribution in [3.63, 3.8) is 0 Å². The highest BCUT2D eigenvalue weighted by Crippen LogP contribution is 2.30. The molecule has 0 aliphatic carbocycles. The van der Waals surface area contributed by atoms with E-state index in [1.54, 1.807) is 19.1 Å². The van der Waals surface area contributed by atoms with Crippen molar-refractivity contribution in [3.8, 4) is 0 Å². The summed E-state index contributed by atoms with van der Waals surface area (Å²) in [4.78, 5) is 13.0. The summed E-state index contributed by atoms with van der Waals surface area (Å²) >= 11 is 3.09. The maximum Gasteiger partial charge on any atom is 0.229 e. The summed E-state index contributed by atoms with van der Waals surface area (Å²) in [5.74, 6) is -0.538. The molecule has 0 bridgehead atoms. The molecule has 1 aliphatic heterocycles. The van der Waals surface area contributed by atoms with Gasteiger partial charge in [-0.15, -0.1) is 0 Å². The number of carbonyl (C=O) groups excluding carboxylic acids is 1. The first-order chi connectivity index (χ1) is 7.50. The van der Waals surface area contributed by atoms with Gasteiger partial charge < -0.3 is 10.0 Å². The van der Waals surface area contributed by atoms with Crippen LogP contribution in [0.15, 0.2) is 16.6 Å². The lowest BCUT2D eigenvalue weighted by molar-refractivity contribution is -0.117. The van der Waals surface area contributed by atoms with Gasteiger partial charge in [-0.3, -0.25) is 4.79 Å². The van der Waals surface area contributed by atoms with E-state index in [9.17, 15) is 14.3 Å². The van der Waals surface area contributed by atoms with Crippen LogP contribution in [0.1, 0.15) is 12.0 Å².